The molecule has 1 aromatic carbocycles. The van der Waals surface area contributed by atoms with Gasteiger partial charge in [0.2, 0.25) is 0 Å². The summed E-state index contributed by atoms with van der Waals surface area (Å²) in [6.07, 6.45) is 8.55. The van der Waals surface area contributed by atoms with E-state index in [0.29, 0.717) is 29.5 Å². The lowest BCUT2D eigenvalue weighted by Crippen LogP contribution is -2.56. The molecule has 4 nitrogen and oxygen atoms in total. The van der Waals surface area contributed by atoms with Crippen LogP contribution >= 0.6 is 0 Å². The van der Waals surface area contributed by atoms with Crippen molar-refractivity contribution in [2.24, 2.45) is 39.7 Å². The van der Waals surface area contributed by atoms with E-state index in [9.17, 15) is 4.79 Å². The number of ketones is 1. The third kappa shape index (κ3) is 3.35. The lowest BCUT2D eigenvalue weighted by Gasteiger charge is -2.61. The average molecular weight is 461 g/mol. The molecule has 1 aromatic rings. The van der Waals surface area contributed by atoms with Crippen LogP contribution in [0.5, 0.6) is 0 Å². The minimum atomic E-state index is -0.0894. The van der Waals surface area contributed by atoms with Crippen molar-refractivity contribution in [3.05, 3.63) is 48.0 Å². The molecule has 1 aliphatic heterocycles. The van der Waals surface area contributed by atoms with Crippen molar-refractivity contribution >= 4 is 11.5 Å². The molecular weight excluding hydrogens is 420 g/mol. The molecule has 4 saturated carbocycles. The van der Waals surface area contributed by atoms with Gasteiger partial charge in [-0.3, -0.25) is 4.79 Å². The molecule has 6 unspecified atom stereocenters. The van der Waals surface area contributed by atoms with Crippen molar-refractivity contribution in [3.8, 4) is 0 Å². The highest BCUT2D eigenvalue weighted by atomic mass is 16.6. The third-order valence-electron chi connectivity index (χ3n) is 10.7. The number of hydrogen-bond donors (Lipinski definition) is 1. The molecule has 6 rings (SSSR count). The Bertz CT molecular complexity index is 996. The molecule has 34 heavy (non-hydrogen) atoms. The van der Waals surface area contributed by atoms with Crippen LogP contribution in [0.3, 0.4) is 0 Å². The monoisotopic (exact) mass is 460 g/mol. The summed E-state index contributed by atoms with van der Waals surface area (Å²) in [5, 5.41) is 8.23. The fourth-order valence-electron chi connectivity index (χ4n) is 9.00. The molecule has 4 heteroatoms. The van der Waals surface area contributed by atoms with Gasteiger partial charge in [0.15, 0.2) is 0 Å². The molecule has 4 aliphatic carbocycles. The first-order chi connectivity index (χ1) is 16.4. The van der Waals surface area contributed by atoms with Gasteiger partial charge in [0.1, 0.15) is 11.9 Å². The maximum atomic E-state index is 12.9. The number of oxime groups is 1. The Kier molecular flexibility index (Phi) is 5.51. The van der Waals surface area contributed by atoms with Gasteiger partial charge in [-0.05, 0) is 79.7 Å². The smallest absolute Gasteiger partial charge is 0.141 e. The fraction of sp³-hybridized carbons (Fsp3) is 0.667. The molecule has 1 heterocycles. The highest BCUT2D eigenvalue weighted by Gasteiger charge is 2.62. The predicted molar refractivity (Wildman–Crippen MR) is 136 cm³/mol. The maximum absolute atomic E-state index is 12.9. The van der Waals surface area contributed by atoms with Gasteiger partial charge in [-0.15, -0.1) is 0 Å². The van der Waals surface area contributed by atoms with Crippen LogP contribution in [0.25, 0.3) is 0 Å². The van der Waals surface area contributed by atoms with Gasteiger partial charge in [-0.25, -0.2) is 0 Å². The SMILES string of the molecule is C=C1CC2C(CC[C@]3(C)C(=O)CCC23)[C@@]2(C)CCC(=NOC3CCNC3)C(c3ccccc3)C12. The molecule has 1 saturated heterocycles. The van der Waals surface area contributed by atoms with Gasteiger partial charge < -0.3 is 10.2 Å². The third-order valence-corrected chi connectivity index (χ3v) is 10.7. The average Bonchev–Trinajstić information content (AvgIpc) is 3.46. The van der Waals surface area contributed by atoms with E-state index in [-0.39, 0.29) is 22.9 Å². The Balaban J connectivity index is 1.36. The molecular formula is C30H40N2O2. The van der Waals surface area contributed by atoms with Crippen LogP contribution in [0.1, 0.15) is 76.7 Å². The van der Waals surface area contributed by atoms with Crippen LogP contribution in [0.2, 0.25) is 0 Å². The second-order valence-corrected chi connectivity index (χ2v) is 12.3. The summed E-state index contributed by atoms with van der Waals surface area (Å²) in [6.45, 7) is 11.5. The normalized spacial score (nSPS) is 45.1. The van der Waals surface area contributed by atoms with E-state index in [4.69, 9.17) is 16.6 Å². The number of rotatable bonds is 3. The zero-order valence-corrected chi connectivity index (χ0v) is 20.9. The molecule has 1 N–H and O–H groups in total. The van der Waals surface area contributed by atoms with E-state index in [1.165, 1.54) is 23.3 Å². The molecule has 0 radical (unpaired) electrons. The predicted octanol–water partition coefficient (Wildman–Crippen LogP) is 5.89. The summed E-state index contributed by atoms with van der Waals surface area (Å²) in [4.78, 5) is 18.9. The number of carbonyl (C=O) groups is 1. The van der Waals surface area contributed by atoms with Crippen LogP contribution in [-0.2, 0) is 9.63 Å². The van der Waals surface area contributed by atoms with E-state index in [1.807, 2.05) is 0 Å². The second kappa shape index (κ2) is 8.33. The maximum Gasteiger partial charge on any atom is 0.141 e. The van der Waals surface area contributed by atoms with Crippen LogP contribution < -0.4 is 5.32 Å². The number of nitrogens with zero attached hydrogens (tertiary/aromatic N) is 1. The van der Waals surface area contributed by atoms with Crippen molar-refractivity contribution < 1.29 is 9.63 Å². The fourth-order valence-corrected chi connectivity index (χ4v) is 9.00. The molecule has 5 aliphatic rings. The number of carbonyl (C=O) groups excluding carboxylic acids is 1. The number of hydrogen-bond acceptors (Lipinski definition) is 4. The minimum absolute atomic E-state index is 0.0894. The molecule has 182 valence electrons. The summed E-state index contributed by atoms with van der Waals surface area (Å²) >= 11 is 0. The van der Waals surface area contributed by atoms with E-state index in [1.54, 1.807) is 0 Å². The summed E-state index contributed by atoms with van der Waals surface area (Å²) in [5.74, 6) is 2.95. The Labute approximate surface area is 204 Å². The lowest BCUT2D eigenvalue weighted by atomic mass is 9.42. The van der Waals surface area contributed by atoms with Gasteiger partial charge in [-0.2, -0.15) is 0 Å². The quantitative estimate of drug-likeness (QED) is 0.452. The van der Waals surface area contributed by atoms with E-state index in [0.717, 1.165) is 58.0 Å². The van der Waals surface area contributed by atoms with Crippen LogP contribution in [0.15, 0.2) is 47.6 Å². The van der Waals surface area contributed by atoms with Crippen molar-refractivity contribution in [2.75, 3.05) is 13.1 Å². The van der Waals surface area contributed by atoms with Crippen molar-refractivity contribution in [2.45, 2.75) is 77.2 Å². The zero-order valence-electron chi connectivity index (χ0n) is 20.9. The zero-order chi connectivity index (χ0) is 23.5. The van der Waals surface area contributed by atoms with Gasteiger partial charge in [0.25, 0.3) is 0 Å². The van der Waals surface area contributed by atoms with Crippen LogP contribution in [0.4, 0.5) is 0 Å². The minimum Gasteiger partial charge on any atom is -0.391 e. The number of allylic oxidation sites excluding steroid dienone is 1. The van der Waals surface area contributed by atoms with E-state index >= 15 is 0 Å². The standard InChI is InChI=1S/C30H40N2O2/c1-19-17-22-23-9-10-26(33)29(23,2)14-11-24(22)30(3)15-12-25(32-34-21-13-16-31-18-21)27(28(19)30)20-7-5-4-6-8-20/h4-8,21-24,27-28,31H,1,9-18H2,2-3H3/t21?,22?,23?,24?,27?,28?,29-,30+/m0/s1. The highest BCUT2D eigenvalue weighted by Crippen LogP contribution is 2.68. The van der Waals surface area contributed by atoms with Gasteiger partial charge >= 0.3 is 0 Å². The molecule has 0 aromatic heterocycles. The largest absolute Gasteiger partial charge is 0.391 e. The summed E-state index contributed by atoms with van der Waals surface area (Å²) < 4.78 is 0. The number of Topliss-reactive ketones (excluding diaryl/α,β-unsaturated/α-hetero) is 1. The first-order valence-electron chi connectivity index (χ1n) is 13.6. The molecule has 8 atom stereocenters. The highest BCUT2D eigenvalue weighted by molar-refractivity contribution is 5.92. The first kappa shape index (κ1) is 22.5. The number of benzene rings is 1. The van der Waals surface area contributed by atoms with E-state index in [2.05, 4.69) is 49.5 Å². The number of fused-ring (bicyclic) bond motifs is 5. The van der Waals surface area contributed by atoms with Gasteiger partial charge in [0, 0.05) is 30.7 Å². The Morgan fingerprint density at radius 2 is 1.88 bits per heavy atom. The Morgan fingerprint density at radius 3 is 2.65 bits per heavy atom. The van der Waals surface area contributed by atoms with Crippen LogP contribution in [-0.4, -0.2) is 30.7 Å². The number of nitrogens with one attached hydrogen (secondary N) is 1. The van der Waals surface area contributed by atoms with Gasteiger partial charge in [-0.1, -0.05) is 61.5 Å². The lowest BCUT2D eigenvalue weighted by molar-refractivity contribution is -0.134. The molecule has 0 spiro atoms. The topological polar surface area (TPSA) is 50.7 Å². The van der Waals surface area contributed by atoms with Crippen molar-refractivity contribution in [1.29, 1.82) is 0 Å². The molecule has 0 amide bonds. The Hall–Kier alpha value is -1.94. The second-order valence-electron chi connectivity index (χ2n) is 12.3. The Morgan fingerprint density at radius 1 is 1.06 bits per heavy atom. The van der Waals surface area contributed by atoms with E-state index < -0.39 is 0 Å². The summed E-state index contributed by atoms with van der Waals surface area (Å²) in [7, 11) is 0. The van der Waals surface area contributed by atoms with Crippen molar-refractivity contribution in [3.63, 3.8) is 0 Å². The van der Waals surface area contributed by atoms with Crippen molar-refractivity contribution in [1.82, 2.24) is 5.32 Å². The molecule has 5 fully saturated rings. The van der Waals surface area contributed by atoms with Crippen LogP contribution in [0, 0.1) is 34.5 Å². The summed E-state index contributed by atoms with van der Waals surface area (Å²) in [6, 6.07) is 11.0. The molecule has 0 bridgehead atoms. The summed E-state index contributed by atoms with van der Waals surface area (Å²) in [5.41, 5.74) is 4.05. The first-order valence-corrected chi connectivity index (χ1v) is 13.6. The van der Waals surface area contributed by atoms with Gasteiger partial charge in [0.05, 0.1) is 5.71 Å².